The SMILES string of the molecule is CCCNCc1ccc(-c2ccc(C3CCC3)cc2)o1. The molecule has 0 amide bonds. The van der Waals surface area contributed by atoms with Crippen LogP contribution >= 0.6 is 0 Å². The van der Waals surface area contributed by atoms with Crippen molar-refractivity contribution in [1.82, 2.24) is 5.32 Å². The van der Waals surface area contributed by atoms with Crippen molar-refractivity contribution in [2.45, 2.75) is 45.1 Å². The third-order valence-electron chi connectivity index (χ3n) is 4.16. The molecule has 0 atom stereocenters. The van der Waals surface area contributed by atoms with Crippen molar-refractivity contribution in [3.63, 3.8) is 0 Å². The summed E-state index contributed by atoms with van der Waals surface area (Å²) in [5.41, 5.74) is 2.66. The van der Waals surface area contributed by atoms with Crippen LogP contribution in [0, 0.1) is 0 Å². The molecule has 106 valence electrons. The van der Waals surface area contributed by atoms with Crippen LogP contribution in [0.1, 0.15) is 49.8 Å². The lowest BCUT2D eigenvalue weighted by Gasteiger charge is -2.25. The zero-order valence-electron chi connectivity index (χ0n) is 12.2. The van der Waals surface area contributed by atoms with Gasteiger partial charge in [0.15, 0.2) is 0 Å². The number of nitrogens with one attached hydrogen (secondary N) is 1. The molecule has 2 aromatic rings. The van der Waals surface area contributed by atoms with E-state index in [2.05, 4.69) is 48.6 Å². The van der Waals surface area contributed by atoms with E-state index in [1.807, 2.05) is 0 Å². The molecule has 1 saturated carbocycles. The van der Waals surface area contributed by atoms with E-state index in [9.17, 15) is 0 Å². The molecular formula is C18H23NO. The number of furan rings is 1. The van der Waals surface area contributed by atoms with Crippen molar-refractivity contribution in [2.24, 2.45) is 0 Å². The second-order valence-corrected chi connectivity index (χ2v) is 5.69. The first kappa shape index (κ1) is 13.4. The molecule has 1 aromatic heterocycles. The molecule has 0 saturated heterocycles. The van der Waals surface area contributed by atoms with E-state index in [0.29, 0.717) is 0 Å². The van der Waals surface area contributed by atoms with Gasteiger partial charge in [-0.1, -0.05) is 37.6 Å². The average molecular weight is 269 g/mol. The van der Waals surface area contributed by atoms with Gasteiger partial charge in [-0.05, 0) is 49.4 Å². The Morgan fingerprint density at radius 1 is 1.10 bits per heavy atom. The van der Waals surface area contributed by atoms with Gasteiger partial charge >= 0.3 is 0 Å². The van der Waals surface area contributed by atoms with Crippen LogP contribution in [0.3, 0.4) is 0 Å². The monoisotopic (exact) mass is 269 g/mol. The van der Waals surface area contributed by atoms with E-state index < -0.39 is 0 Å². The molecule has 2 heteroatoms. The van der Waals surface area contributed by atoms with Gasteiger partial charge in [0.05, 0.1) is 6.54 Å². The second kappa shape index (κ2) is 6.27. The fourth-order valence-electron chi connectivity index (χ4n) is 2.68. The van der Waals surface area contributed by atoms with Crippen LogP contribution < -0.4 is 5.32 Å². The normalized spacial score (nSPS) is 15.2. The highest BCUT2D eigenvalue weighted by atomic mass is 16.3. The number of hydrogen-bond donors (Lipinski definition) is 1. The number of benzene rings is 1. The van der Waals surface area contributed by atoms with Crippen LogP contribution in [0.5, 0.6) is 0 Å². The maximum Gasteiger partial charge on any atom is 0.134 e. The summed E-state index contributed by atoms with van der Waals surface area (Å²) in [4.78, 5) is 0. The Labute approximate surface area is 121 Å². The fraction of sp³-hybridized carbons (Fsp3) is 0.444. The van der Waals surface area contributed by atoms with Gasteiger partial charge in [-0.2, -0.15) is 0 Å². The summed E-state index contributed by atoms with van der Waals surface area (Å²) in [6.07, 6.45) is 5.25. The van der Waals surface area contributed by atoms with Crippen LogP contribution in [0.15, 0.2) is 40.8 Å². The van der Waals surface area contributed by atoms with E-state index in [1.54, 1.807) is 0 Å². The molecule has 20 heavy (non-hydrogen) atoms. The lowest BCUT2D eigenvalue weighted by molar-refractivity contribution is 0.420. The standard InChI is InChI=1S/C18H23NO/c1-2-12-19-13-17-10-11-18(20-17)16-8-6-15(7-9-16)14-4-3-5-14/h6-11,14,19H,2-5,12-13H2,1H3. The van der Waals surface area contributed by atoms with Crippen molar-refractivity contribution in [3.05, 3.63) is 47.7 Å². The molecule has 0 spiro atoms. The third kappa shape index (κ3) is 2.96. The maximum atomic E-state index is 5.89. The summed E-state index contributed by atoms with van der Waals surface area (Å²) in [5.74, 6) is 2.78. The minimum atomic E-state index is 0.800. The van der Waals surface area contributed by atoms with Crippen molar-refractivity contribution >= 4 is 0 Å². The summed E-state index contributed by atoms with van der Waals surface area (Å²) < 4.78 is 5.89. The van der Waals surface area contributed by atoms with Gasteiger partial charge < -0.3 is 9.73 Å². The molecule has 2 nitrogen and oxygen atoms in total. The van der Waals surface area contributed by atoms with Crippen molar-refractivity contribution in [1.29, 1.82) is 0 Å². The first-order chi connectivity index (χ1) is 9.86. The van der Waals surface area contributed by atoms with Gasteiger partial charge in [-0.15, -0.1) is 0 Å². The molecule has 3 rings (SSSR count). The number of rotatable bonds is 6. The van der Waals surface area contributed by atoms with Crippen molar-refractivity contribution < 1.29 is 4.42 Å². The molecule has 1 aliphatic rings. The molecule has 0 bridgehead atoms. The van der Waals surface area contributed by atoms with Gasteiger partial charge in [-0.3, -0.25) is 0 Å². The quantitative estimate of drug-likeness (QED) is 0.768. The predicted molar refractivity (Wildman–Crippen MR) is 82.7 cm³/mol. The van der Waals surface area contributed by atoms with Gasteiger partial charge in [-0.25, -0.2) is 0 Å². The Hall–Kier alpha value is -1.54. The van der Waals surface area contributed by atoms with Crippen molar-refractivity contribution in [3.8, 4) is 11.3 Å². The summed E-state index contributed by atoms with van der Waals surface area (Å²) in [6.45, 7) is 4.02. The molecule has 1 aliphatic carbocycles. The topological polar surface area (TPSA) is 25.2 Å². The van der Waals surface area contributed by atoms with Crippen LogP contribution in [0.2, 0.25) is 0 Å². The highest BCUT2D eigenvalue weighted by Gasteiger charge is 2.19. The molecule has 0 unspecified atom stereocenters. The molecule has 0 radical (unpaired) electrons. The lowest BCUT2D eigenvalue weighted by Crippen LogP contribution is -2.12. The summed E-state index contributed by atoms with van der Waals surface area (Å²) in [5, 5.41) is 3.36. The third-order valence-corrected chi connectivity index (χ3v) is 4.16. The van der Waals surface area contributed by atoms with Gasteiger partial charge in [0.1, 0.15) is 11.5 Å². The Kier molecular flexibility index (Phi) is 4.22. The minimum Gasteiger partial charge on any atom is -0.460 e. The summed E-state index contributed by atoms with van der Waals surface area (Å²) >= 11 is 0. The zero-order valence-corrected chi connectivity index (χ0v) is 12.2. The highest BCUT2D eigenvalue weighted by molar-refractivity contribution is 5.58. The van der Waals surface area contributed by atoms with Gasteiger partial charge in [0.2, 0.25) is 0 Å². The summed E-state index contributed by atoms with van der Waals surface area (Å²) in [6, 6.07) is 13.0. The van der Waals surface area contributed by atoms with E-state index >= 15 is 0 Å². The Morgan fingerprint density at radius 2 is 1.90 bits per heavy atom. The van der Waals surface area contributed by atoms with Crippen LogP contribution in [0.4, 0.5) is 0 Å². The summed E-state index contributed by atoms with van der Waals surface area (Å²) in [7, 11) is 0. The minimum absolute atomic E-state index is 0.800. The maximum absolute atomic E-state index is 5.89. The molecule has 1 heterocycles. The van der Waals surface area contributed by atoms with Crippen LogP contribution in [-0.4, -0.2) is 6.54 Å². The molecule has 0 aliphatic heterocycles. The zero-order chi connectivity index (χ0) is 13.8. The largest absolute Gasteiger partial charge is 0.460 e. The Bertz CT molecular complexity index is 537. The fourth-order valence-corrected chi connectivity index (χ4v) is 2.68. The smallest absolute Gasteiger partial charge is 0.134 e. The second-order valence-electron chi connectivity index (χ2n) is 5.69. The first-order valence-corrected chi connectivity index (χ1v) is 7.76. The Morgan fingerprint density at radius 3 is 2.55 bits per heavy atom. The highest BCUT2D eigenvalue weighted by Crippen LogP contribution is 2.37. The molecule has 1 aromatic carbocycles. The van der Waals surface area contributed by atoms with E-state index in [4.69, 9.17) is 4.42 Å². The van der Waals surface area contributed by atoms with E-state index in [-0.39, 0.29) is 0 Å². The van der Waals surface area contributed by atoms with Crippen molar-refractivity contribution in [2.75, 3.05) is 6.54 Å². The first-order valence-electron chi connectivity index (χ1n) is 7.76. The van der Waals surface area contributed by atoms with Gasteiger partial charge in [0, 0.05) is 5.56 Å². The molecular weight excluding hydrogens is 246 g/mol. The van der Waals surface area contributed by atoms with Crippen LogP contribution in [0.25, 0.3) is 11.3 Å². The lowest BCUT2D eigenvalue weighted by atomic mass is 9.80. The average Bonchev–Trinajstić information content (AvgIpc) is 2.87. The van der Waals surface area contributed by atoms with E-state index in [0.717, 1.165) is 36.9 Å². The Balaban J connectivity index is 1.66. The predicted octanol–water partition coefficient (Wildman–Crippen LogP) is 4.71. The van der Waals surface area contributed by atoms with Gasteiger partial charge in [0.25, 0.3) is 0 Å². The molecule has 1 fully saturated rings. The molecule has 1 N–H and O–H groups in total. The van der Waals surface area contributed by atoms with Crippen LogP contribution in [-0.2, 0) is 6.54 Å². The van der Waals surface area contributed by atoms with E-state index in [1.165, 1.54) is 30.4 Å². The number of hydrogen-bond acceptors (Lipinski definition) is 2.